The van der Waals surface area contributed by atoms with Crippen LogP contribution in [0.2, 0.25) is 0 Å². The van der Waals surface area contributed by atoms with Crippen LogP contribution in [-0.2, 0) is 25.7 Å². The maximum Gasteiger partial charge on any atom is 0.316 e. The van der Waals surface area contributed by atoms with Crippen molar-refractivity contribution >= 4 is 11.9 Å². The molecule has 4 heteroatoms. The van der Waals surface area contributed by atoms with E-state index in [0.717, 1.165) is 24.8 Å². The lowest BCUT2D eigenvalue weighted by molar-refractivity contribution is -0.180. The smallest absolute Gasteiger partial charge is 0.316 e. The van der Waals surface area contributed by atoms with E-state index in [9.17, 15) is 9.59 Å². The Morgan fingerprint density at radius 3 is 2.90 bits per heavy atom. The zero-order chi connectivity index (χ0) is 14.0. The van der Waals surface area contributed by atoms with Crippen LogP contribution >= 0.6 is 0 Å². The van der Waals surface area contributed by atoms with Gasteiger partial charge in [0, 0.05) is 6.42 Å². The van der Waals surface area contributed by atoms with Crippen LogP contribution < -0.4 is 0 Å². The molecule has 1 saturated carbocycles. The van der Waals surface area contributed by atoms with Crippen molar-refractivity contribution in [3.05, 3.63) is 35.9 Å². The molecule has 0 aromatic heterocycles. The van der Waals surface area contributed by atoms with Crippen molar-refractivity contribution in [3.8, 4) is 0 Å². The van der Waals surface area contributed by atoms with Gasteiger partial charge in [-0.25, -0.2) is 0 Å². The third-order valence-electron chi connectivity index (χ3n) is 4.37. The van der Waals surface area contributed by atoms with E-state index in [1.807, 2.05) is 30.3 Å². The molecule has 1 heterocycles. The SMILES string of the molecule is O=C1CC[C@]2(C(=O)OCc3ccccc3)CCC[C@@H]2O1. The molecule has 3 rings (SSSR count). The van der Waals surface area contributed by atoms with E-state index in [-0.39, 0.29) is 24.6 Å². The molecule has 2 fully saturated rings. The lowest BCUT2D eigenvalue weighted by Gasteiger charge is -2.36. The summed E-state index contributed by atoms with van der Waals surface area (Å²) in [7, 11) is 0. The van der Waals surface area contributed by atoms with Crippen molar-refractivity contribution in [2.45, 2.75) is 44.8 Å². The van der Waals surface area contributed by atoms with E-state index in [2.05, 4.69) is 0 Å². The topological polar surface area (TPSA) is 52.6 Å². The van der Waals surface area contributed by atoms with Gasteiger partial charge in [-0.2, -0.15) is 0 Å². The van der Waals surface area contributed by atoms with Gasteiger partial charge in [-0.1, -0.05) is 30.3 Å². The molecule has 0 N–H and O–H groups in total. The highest BCUT2D eigenvalue weighted by Gasteiger charge is 2.54. The molecule has 0 amide bonds. The predicted molar refractivity (Wildman–Crippen MR) is 71.6 cm³/mol. The summed E-state index contributed by atoms with van der Waals surface area (Å²) in [6.07, 6.45) is 3.04. The van der Waals surface area contributed by atoms with Crippen LogP contribution in [0.5, 0.6) is 0 Å². The number of benzene rings is 1. The van der Waals surface area contributed by atoms with Gasteiger partial charge in [0.05, 0.1) is 0 Å². The standard InChI is InChI=1S/C16H18O4/c17-14-8-10-16(9-4-7-13(16)20-14)15(18)19-11-12-5-2-1-3-6-12/h1-3,5-6,13H,4,7-11H2/t13-,16+/m0/s1. The Labute approximate surface area is 118 Å². The van der Waals surface area contributed by atoms with Gasteiger partial charge in [0.2, 0.25) is 0 Å². The number of esters is 2. The van der Waals surface area contributed by atoms with Crippen molar-refractivity contribution in [2.75, 3.05) is 0 Å². The maximum absolute atomic E-state index is 12.5. The van der Waals surface area contributed by atoms with Crippen molar-refractivity contribution in [2.24, 2.45) is 5.41 Å². The first kappa shape index (κ1) is 13.2. The highest BCUT2D eigenvalue weighted by atomic mass is 16.6. The fourth-order valence-corrected chi connectivity index (χ4v) is 3.24. The zero-order valence-corrected chi connectivity index (χ0v) is 11.3. The molecular formula is C16H18O4. The van der Waals surface area contributed by atoms with Gasteiger partial charge in [-0.05, 0) is 31.2 Å². The summed E-state index contributed by atoms with van der Waals surface area (Å²) < 4.78 is 10.8. The third-order valence-corrected chi connectivity index (χ3v) is 4.37. The Bertz CT molecular complexity index is 510. The average molecular weight is 274 g/mol. The van der Waals surface area contributed by atoms with E-state index >= 15 is 0 Å². The summed E-state index contributed by atoms with van der Waals surface area (Å²) in [4.78, 5) is 23.8. The van der Waals surface area contributed by atoms with Crippen molar-refractivity contribution in [1.29, 1.82) is 0 Å². The van der Waals surface area contributed by atoms with E-state index in [1.54, 1.807) is 0 Å². The number of carbonyl (C=O) groups excluding carboxylic acids is 2. The second-order valence-corrected chi connectivity index (χ2v) is 5.59. The molecule has 1 aromatic rings. The molecule has 2 atom stereocenters. The second kappa shape index (κ2) is 5.27. The van der Waals surface area contributed by atoms with Crippen LogP contribution in [-0.4, -0.2) is 18.0 Å². The number of ether oxygens (including phenoxy) is 2. The molecule has 0 spiro atoms. The molecule has 0 unspecified atom stereocenters. The molecule has 0 radical (unpaired) electrons. The van der Waals surface area contributed by atoms with Crippen LogP contribution in [0.1, 0.15) is 37.7 Å². The Kier molecular flexibility index (Phi) is 3.47. The van der Waals surface area contributed by atoms with Crippen molar-refractivity contribution in [3.63, 3.8) is 0 Å². The number of rotatable bonds is 3. The fourth-order valence-electron chi connectivity index (χ4n) is 3.24. The summed E-state index contributed by atoms with van der Waals surface area (Å²) in [5.41, 5.74) is 0.377. The number of hydrogen-bond donors (Lipinski definition) is 0. The number of fused-ring (bicyclic) bond motifs is 1. The summed E-state index contributed by atoms with van der Waals surface area (Å²) in [6, 6.07) is 9.62. The molecule has 106 valence electrons. The fraction of sp³-hybridized carbons (Fsp3) is 0.500. The van der Waals surface area contributed by atoms with Gasteiger partial charge in [-0.3, -0.25) is 9.59 Å². The Balaban J connectivity index is 1.68. The van der Waals surface area contributed by atoms with E-state index in [4.69, 9.17) is 9.47 Å². The Morgan fingerprint density at radius 2 is 2.10 bits per heavy atom. The summed E-state index contributed by atoms with van der Waals surface area (Å²) in [5.74, 6) is -0.403. The van der Waals surface area contributed by atoms with Gasteiger partial charge in [0.25, 0.3) is 0 Å². The highest BCUT2D eigenvalue weighted by molar-refractivity contribution is 5.81. The molecule has 2 aliphatic rings. The quantitative estimate of drug-likeness (QED) is 0.795. The normalized spacial score (nSPS) is 28.6. The summed E-state index contributed by atoms with van der Waals surface area (Å²) in [5, 5.41) is 0. The summed E-state index contributed by atoms with van der Waals surface area (Å²) >= 11 is 0. The van der Waals surface area contributed by atoms with Crippen molar-refractivity contribution in [1.82, 2.24) is 0 Å². The third kappa shape index (κ3) is 2.30. The molecule has 1 aliphatic carbocycles. The number of hydrogen-bond acceptors (Lipinski definition) is 4. The van der Waals surface area contributed by atoms with Crippen LogP contribution in [0.3, 0.4) is 0 Å². The molecule has 4 nitrogen and oxygen atoms in total. The largest absolute Gasteiger partial charge is 0.461 e. The van der Waals surface area contributed by atoms with E-state index in [0.29, 0.717) is 12.8 Å². The monoisotopic (exact) mass is 274 g/mol. The van der Waals surface area contributed by atoms with Crippen LogP contribution in [0.25, 0.3) is 0 Å². The van der Waals surface area contributed by atoms with Crippen LogP contribution in [0, 0.1) is 5.41 Å². The van der Waals surface area contributed by atoms with Gasteiger partial charge >= 0.3 is 11.9 Å². The maximum atomic E-state index is 12.5. The highest BCUT2D eigenvalue weighted by Crippen LogP contribution is 2.47. The zero-order valence-electron chi connectivity index (χ0n) is 11.3. The second-order valence-electron chi connectivity index (χ2n) is 5.59. The molecule has 1 aliphatic heterocycles. The molecular weight excluding hydrogens is 256 g/mol. The van der Waals surface area contributed by atoms with Gasteiger partial charge in [0.1, 0.15) is 18.1 Å². The molecule has 0 bridgehead atoms. The van der Waals surface area contributed by atoms with Crippen LogP contribution in [0.15, 0.2) is 30.3 Å². The van der Waals surface area contributed by atoms with Crippen molar-refractivity contribution < 1.29 is 19.1 Å². The van der Waals surface area contributed by atoms with Gasteiger partial charge in [0.15, 0.2) is 0 Å². The molecule has 1 aromatic carbocycles. The first-order valence-electron chi connectivity index (χ1n) is 7.11. The minimum Gasteiger partial charge on any atom is -0.461 e. The predicted octanol–water partition coefficient (Wildman–Crippen LogP) is 2.61. The molecule has 20 heavy (non-hydrogen) atoms. The van der Waals surface area contributed by atoms with Gasteiger partial charge in [-0.15, -0.1) is 0 Å². The van der Waals surface area contributed by atoms with Gasteiger partial charge < -0.3 is 9.47 Å². The minimum absolute atomic E-state index is 0.191. The lowest BCUT2D eigenvalue weighted by Crippen LogP contribution is -2.45. The van der Waals surface area contributed by atoms with E-state index in [1.165, 1.54) is 0 Å². The average Bonchev–Trinajstić information content (AvgIpc) is 2.90. The Morgan fingerprint density at radius 1 is 1.30 bits per heavy atom. The first-order valence-corrected chi connectivity index (χ1v) is 7.11. The van der Waals surface area contributed by atoms with E-state index < -0.39 is 5.41 Å². The summed E-state index contributed by atoms with van der Waals surface area (Å²) in [6.45, 7) is 0.280. The minimum atomic E-state index is -0.595. The van der Waals surface area contributed by atoms with Crippen LogP contribution in [0.4, 0.5) is 0 Å². The molecule has 1 saturated heterocycles. The number of carbonyl (C=O) groups is 2. The Hall–Kier alpha value is -1.84. The first-order chi connectivity index (χ1) is 9.71. The lowest BCUT2D eigenvalue weighted by atomic mass is 9.78.